The van der Waals surface area contributed by atoms with Gasteiger partial charge in [-0.25, -0.2) is 0 Å². The van der Waals surface area contributed by atoms with Crippen molar-refractivity contribution in [3.05, 3.63) is 35.5 Å². The Morgan fingerprint density at radius 1 is 0.170 bits per heavy atom. The second kappa shape index (κ2) is 83.6. The minimum Gasteiger partial charge on any atom is -0.430 e. The minimum atomic E-state index is 0.0176. The molecule has 3 aliphatic rings. The number of rotatable bonds is 82. The lowest BCUT2D eigenvalue weighted by molar-refractivity contribution is -0.158. The predicted molar refractivity (Wildman–Crippen MR) is 466 cm³/mol. The summed E-state index contributed by atoms with van der Waals surface area (Å²) in [5.41, 5.74) is 0. The van der Waals surface area contributed by atoms with E-state index >= 15 is 0 Å². The van der Waals surface area contributed by atoms with E-state index in [-0.39, 0.29) is 35.7 Å². The van der Waals surface area contributed by atoms with E-state index in [0.29, 0.717) is 0 Å². The first-order valence-corrected chi connectivity index (χ1v) is 49.1. The third kappa shape index (κ3) is 66.3. The fourth-order valence-corrected chi connectivity index (χ4v) is 16.2. The molecule has 624 valence electrons. The van der Waals surface area contributed by atoms with Crippen molar-refractivity contribution in [2.24, 2.45) is 17.8 Å². The molecule has 0 amide bonds. The molecule has 6 heteroatoms. The number of hydrogen-bond acceptors (Lipinski definition) is 6. The molecule has 3 atom stereocenters. The first-order valence-electron chi connectivity index (χ1n) is 49.1. The van der Waals surface area contributed by atoms with Crippen LogP contribution in [0, 0.1) is 17.8 Å². The second-order valence-corrected chi connectivity index (χ2v) is 34.2. The van der Waals surface area contributed by atoms with Gasteiger partial charge in [-0.05, 0) is 76.0 Å². The molecular formula is C100H188O6. The zero-order valence-corrected chi connectivity index (χ0v) is 72.9. The fourth-order valence-electron chi connectivity index (χ4n) is 16.2. The quantitative estimate of drug-likeness (QED) is 0.0343. The monoisotopic (exact) mass is 1490 g/mol. The Morgan fingerprint density at radius 3 is 0.406 bits per heavy atom. The maximum Gasteiger partial charge on any atom is 0.321 e. The molecule has 6 nitrogen and oxygen atoms in total. The van der Waals surface area contributed by atoms with E-state index in [1.54, 1.807) is 0 Å². The summed E-state index contributed by atoms with van der Waals surface area (Å²) < 4.78 is 16.0. The molecule has 3 heterocycles. The number of hydrogen-bond donors (Lipinski definition) is 0. The van der Waals surface area contributed by atoms with E-state index < -0.39 is 0 Å². The van der Waals surface area contributed by atoms with E-state index in [1.807, 2.05) is 0 Å². The van der Waals surface area contributed by atoms with Gasteiger partial charge in [0.05, 0.1) is 0 Å². The third-order valence-electron chi connectivity index (χ3n) is 23.8. The highest BCUT2D eigenvalue weighted by Crippen LogP contribution is 2.35. The van der Waals surface area contributed by atoms with Crippen molar-refractivity contribution < 1.29 is 28.6 Å². The highest BCUT2D eigenvalue weighted by molar-refractivity contribution is 5.83. The lowest BCUT2D eigenvalue weighted by Gasteiger charge is -2.28. The SMILES string of the molecule is CCCCCCCCCCCCCC/C=C1\OC(=O)C1CCCCCCCCCCCCCC.CCCCCCCCCCCCCC/C=C1\OC(=O)C1CCCCCCCCCCCCCCCC.CCCCCCCCCCCCCCCC/C=C1\OC(=O)C1CCCCCCCCCCCCCC. The van der Waals surface area contributed by atoms with E-state index in [0.717, 1.165) is 55.8 Å². The summed E-state index contributed by atoms with van der Waals surface area (Å²) in [5.74, 6) is 3.26. The van der Waals surface area contributed by atoms with Crippen molar-refractivity contribution in [2.45, 2.75) is 568 Å². The molecule has 3 unspecified atom stereocenters. The van der Waals surface area contributed by atoms with Crippen LogP contribution in [0.1, 0.15) is 568 Å². The standard InChI is InChI=1S/2C34H64O2.C32H60O2/c1-3-5-7-9-11-13-15-17-18-19-21-23-25-27-29-31-33-32(34(35)36-33)30-28-26-24-22-20-16-14-12-10-8-6-4-2;1-3-5-7-9-11-13-15-17-19-20-22-24-26-28-30-32-33(36-34(32)35)31-29-27-25-23-21-18-16-14-12-10-8-6-4-2;1-3-5-7-9-11-13-15-17-19-21-23-25-27-29-31-30(32(33)34-31)28-26-24-22-20-18-16-14-12-10-8-6-4-2/h2*31-32H,3-30H2,1-2H3;29-30H,3-28H2,1-2H3/b2*33-31-;31-29-. The lowest BCUT2D eigenvalue weighted by Crippen LogP contribution is -2.32. The van der Waals surface area contributed by atoms with Gasteiger partial charge in [0.1, 0.15) is 35.0 Å². The Kier molecular flexibility index (Phi) is 80.1. The topological polar surface area (TPSA) is 78.9 Å². The largest absolute Gasteiger partial charge is 0.430 e. The molecule has 0 bridgehead atoms. The molecule has 106 heavy (non-hydrogen) atoms. The summed E-state index contributed by atoms with van der Waals surface area (Å²) in [6.45, 7) is 13.7. The van der Waals surface area contributed by atoms with Gasteiger partial charge >= 0.3 is 17.9 Å². The van der Waals surface area contributed by atoms with Crippen molar-refractivity contribution in [1.82, 2.24) is 0 Å². The van der Waals surface area contributed by atoms with Gasteiger partial charge in [-0.1, -0.05) is 510 Å². The Morgan fingerprint density at radius 2 is 0.283 bits per heavy atom. The maximum absolute atomic E-state index is 11.9. The third-order valence-corrected chi connectivity index (χ3v) is 23.8. The van der Waals surface area contributed by atoms with Gasteiger partial charge in [0.2, 0.25) is 0 Å². The summed E-state index contributed by atoms with van der Waals surface area (Å²) in [6.07, 6.45) is 118. The van der Waals surface area contributed by atoms with Crippen molar-refractivity contribution in [3.8, 4) is 0 Å². The number of carbonyl (C=O) groups excluding carboxylic acids is 3. The Hall–Kier alpha value is -2.37. The molecule has 0 spiro atoms. The van der Waals surface area contributed by atoms with Crippen LogP contribution in [-0.2, 0) is 28.6 Å². The molecule has 0 saturated carbocycles. The Balaban J connectivity index is 0.000000795. The van der Waals surface area contributed by atoms with E-state index in [9.17, 15) is 14.4 Å². The zero-order chi connectivity index (χ0) is 76.4. The van der Waals surface area contributed by atoms with Crippen LogP contribution in [0.3, 0.4) is 0 Å². The molecule has 3 fully saturated rings. The van der Waals surface area contributed by atoms with Crippen LogP contribution in [-0.4, -0.2) is 17.9 Å². The maximum atomic E-state index is 11.9. The first kappa shape index (κ1) is 102. The number of cyclic esters (lactones) is 3. The van der Waals surface area contributed by atoms with Gasteiger partial charge < -0.3 is 14.2 Å². The van der Waals surface area contributed by atoms with Crippen molar-refractivity contribution in [3.63, 3.8) is 0 Å². The number of esters is 3. The van der Waals surface area contributed by atoms with Crippen molar-refractivity contribution >= 4 is 17.9 Å². The van der Waals surface area contributed by atoms with Crippen LogP contribution < -0.4 is 0 Å². The summed E-state index contributed by atoms with van der Waals surface area (Å²) in [7, 11) is 0. The van der Waals surface area contributed by atoms with E-state index in [2.05, 4.69) is 59.8 Å². The molecule has 0 radical (unpaired) electrons. The fraction of sp³-hybridized carbons (Fsp3) is 0.910. The molecule has 3 rings (SSSR count). The number of ether oxygens (including phenoxy) is 3. The molecule has 0 aromatic rings. The Labute approximate surface area is 664 Å². The zero-order valence-electron chi connectivity index (χ0n) is 72.9. The van der Waals surface area contributed by atoms with E-state index in [4.69, 9.17) is 14.2 Å². The average molecular weight is 1490 g/mol. The smallest absolute Gasteiger partial charge is 0.321 e. The van der Waals surface area contributed by atoms with Gasteiger partial charge in [0.25, 0.3) is 0 Å². The number of unbranched alkanes of at least 4 members (excludes halogenated alkanes) is 73. The van der Waals surface area contributed by atoms with E-state index in [1.165, 1.54) is 488 Å². The Bertz CT molecular complexity index is 1930. The highest BCUT2D eigenvalue weighted by Gasteiger charge is 2.38. The molecular weight excluding hydrogens is 1300 g/mol. The number of carbonyl (C=O) groups is 3. The van der Waals surface area contributed by atoms with Gasteiger partial charge in [0.15, 0.2) is 0 Å². The molecule has 3 aliphatic heterocycles. The van der Waals surface area contributed by atoms with Crippen molar-refractivity contribution in [2.75, 3.05) is 0 Å². The summed E-state index contributed by atoms with van der Waals surface area (Å²) >= 11 is 0. The van der Waals surface area contributed by atoms with Crippen LogP contribution in [0.4, 0.5) is 0 Å². The predicted octanol–water partition coefficient (Wildman–Crippen LogP) is 35.2. The van der Waals surface area contributed by atoms with Crippen LogP contribution >= 0.6 is 0 Å². The van der Waals surface area contributed by atoms with Gasteiger partial charge in [-0.15, -0.1) is 0 Å². The summed E-state index contributed by atoms with van der Waals surface area (Å²) in [5, 5.41) is 0. The number of allylic oxidation sites excluding steroid dienone is 3. The average Bonchev–Trinajstić information content (AvgIpc) is 0.838. The summed E-state index contributed by atoms with van der Waals surface area (Å²) in [4.78, 5) is 35.6. The molecule has 3 saturated heterocycles. The molecule has 0 aromatic carbocycles. The van der Waals surface area contributed by atoms with Crippen LogP contribution in [0.25, 0.3) is 0 Å². The molecule has 0 aromatic heterocycles. The van der Waals surface area contributed by atoms with Gasteiger partial charge in [-0.3, -0.25) is 14.4 Å². The first-order chi connectivity index (χ1) is 52.4. The normalized spacial score (nSPS) is 16.5. The second-order valence-electron chi connectivity index (χ2n) is 34.2. The van der Waals surface area contributed by atoms with Gasteiger partial charge in [-0.2, -0.15) is 0 Å². The van der Waals surface area contributed by atoms with Crippen LogP contribution in [0.2, 0.25) is 0 Å². The highest BCUT2D eigenvalue weighted by atomic mass is 16.6. The van der Waals surface area contributed by atoms with Crippen molar-refractivity contribution in [1.29, 1.82) is 0 Å². The van der Waals surface area contributed by atoms with Crippen LogP contribution in [0.15, 0.2) is 35.5 Å². The lowest BCUT2D eigenvalue weighted by atomic mass is 9.93. The minimum absolute atomic E-state index is 0.0176. The summed E-state index contributed by atoms with van der Waals surface area (Å²) in [6, 6.07) is 0. The molecule has 0 N–H and O–H groups in total. The molecule has 0 aliphatic carbocycles. The van der Waals surface area contributed by atoms with Gasteiger partial charge in [0, 0.05) is 0 Å². The van der Waals surface area contributed by atoms with Crippen LogP contribution in [0.5, 0.6) is 0 Å².